The molecule has 0 fully saturated rings. The van der Waals surface area contributed by atoms with Gasteiger partial charge in [0, 0.05) is 12.1 Å². The van der Waals surface area contributed by atoms with E-state index in [-0.39, 0.29) is 0 Å². The first-order chi connectivity index (χ1) is 8.49. The molecule has 1 aromatic carbocycles. The van der Waals surface area contributed by atoms with Crippen LogP contribution in [0.15, 0.2) is 30.3 Å². The molecule has 0 bridgehead atoms. The average molecular weight is 256 g/mol. The van der Waals surface area contributed by atoms with E-state index in [1.54, 1.807) is 31.4 Å². The highest BCUT2D eigenvalue weighted by Gasteiger charge is 2.33. The molecule has 0 aliphatic heterocycles. The molecule has 18 heavy (non-hydrogen) atoms. The number of H-pyrrole nitrogens is 1. The molecular weight excluding hydrogens is 245 g/mol. The standard InChI is InChI=1S/C12H11F3N2O/c1-18-10-4-2-8(3-5-10)6-9-7-11(17-16-9)12(13,14)15/h2-5,7H,6H2,1H3,(H,16,17). The van der Waals surface area contributed by atoms with E-state index >= 15 is 0 Å². The van der Waals surface area contributed by atoms with Crippen LogP contribution in [0.3, 0.4) is 0 Å². The van der Waals surface area contributed by atoms with Gasteiger partial charge >= 0.3 is 6.18 Å². The molecule has 96 valence electrons. The van der Waals surface area contributed by atoms with Gasteiger partial charge in [-0.25, -0.2) is 0 Å². The molecule has 0 saturated heterocycles. The van der Waals surface area contributed by atoms with E-state index in [4.69, 9.17) is 4.74 Å². The van der Waals surface area contributed by atoms with E-state index in [0.29, 0.717) is 17.9 Å². The monoisotopic (exact) mass is 256 g/mol. The Morgan fingerprint density at radius 1 is 1.22 bits per heavy atom. The smallest absolute Gasteiger partial charge is 0.435 e. The van der Waals surface area contributed by atoms with Gasteiger partial charge in [-0.1, -0.05) is 12.1 Å². The zero-order chi connectivity index (χ0) is 13.2. The van der Waals surface area contributed by atoms with Gasteiger partial charge in [0.05, 0.1) is 7.11 Å². The van der Waals surface area contributed by atoms with Gasteiger partial charge in [0.1, 0.15) is 5.75 Å². The van der Waals surface area contributed by atoms with E-state index < -0.39 is 11.9 Å². The van der Waals surface area contributed by atoms with Crippen LogP contribution in [0.1, 0.15) is 17.0 Å². The third-order valence-electron chi connectivity index (χ3n) is 2.47. The van der Waals surface area contributed by atoms with E-state index in [9.17, 15) is 13.2 Å². The van der Waals surface area contributed by atoms with Gasteiger partial charge in [-0.3, -0.25) is 5.10 Å². The Kier molecular flexibility index (Phi) is 3.27. The molecule has 2 rings (SSSR count). The van der Waals surface area contributed by atoms with Crippen molar-refractivity contribution in [3.8, 4) is 5.75 Å². The highest BCUT2D eigenvalue weighted by atomic mass is 19.4. The number of aromatic amines is 1. The third-order valence-corrected chi connectivity index (χ3v) is 2.47. The van der Waals surface area contributed by atoms with Crippen molar-refractivity contribution in [1.29, 1.82) is 0 Å². The summed E-state index contributed by atoms with van der Waals surface area (Å²) in [6, 6.07) is 8.14. The fraction of sp³-hybridized carbons (Fsp3) is 0.250. The second kappa shape index (κ2) is 4.72. The van der Waals surface area contributed by atoms with E-state index in [0.717, 1.165) is 11.6 Å². The molecule has 0 amide bonds. The molecule has 3 nitrogen and oxygen atoms in total. The van der Waals surface area contributed by atoms with Gasteiger partial charge < -0.3 is 4.74 Å². The van der Waals surface area contributed by atoms with Crippen molar-refractivity contribution in [2.75, 3.05) is 7.11 Å². The van der Waals surface area contributed by atoms with Crippen LogP contribution in [-0.2, 0) is 12.6 Å². The summed E-state index contributed by atoms with van der Waals surface area (Å²) in [6.45, 7) is 0. The molecule has 0 radical (unpaired) electrons. The van der Waals surface area contributed by atoms with Gasteiger partial charge in [0.25, 0.3) is 0 Å². The molecule has 0 aliphatic rings. The summed E-state index contributed by atoms with van der Waals surface area (Å²) in [6.07, 6.45) is -4.04. The Labute approximate surface area is 102 Å². The predicted molar refractivity (Wildman–Crippen MR) is 59.4 cm³/mol. The molecule has 1 heterocycles. The van der Waals surface area contributed by atoms with Gasteiger partial charge in [0.15, 0.2) is 5.69 Å². The number of benzene rings is 1. The summed E-state index contributed by atoms with van der Waals surface area (Å²) >= 11 is 0. The Morgan fingerprint density at radius 2 is 1.89 bits per heavy atom. The number of hydrogen-bond acceptors (Lipinski definition) is 2. The van der Waals surface area contributed by atoms with Gasteiger partial charge in [-0.2, -0.15) is 18.3 Å². The first-order valence-corrected chi connectivity index (χ1v) is 5.23. The molecule has 0 spiro atoms. The van der Waals surface area contributed by atoms with Crippen LogP contribution in [0.4, 0.5) is 13.2 Å². The largest absolute Gasteiger partial charge is 0.497 e. The van der Waals surface area contributed by atoms with Crippen LogP contribution in [0.25, 0.3) is 0 Å². The van der Waals surface area contributed by atoms with Crippen molar-refractivity contribution in [3.05, 3.63) is 47.3 Å². The highest BCUT2D eigenvalue weighted by molar-refractivity contribution is 5.30. The fourth-order valence-corrected chi connectivity index (χ4v) is 1.56. The average Bonchev–Trinajstić information content (AvgIpc) is 2.78. The molecule has 6 heteroatoms. The fourth-order valence-electron chi connectivity index (χ4n) is 1.56. The van der Waals surface area contributed by atoms with Crippen LogP contribution in [0.2, 0.25) is 0 Å². The number of hydrogen-bond donors (Lipinski definition) is 1. The quantitative estimate of drug-likeness (QED) is 0.916. The number of rotatable bonds is 3. The number of alkyl halides is 3. The Bertz CT molecular complexity index is 517. The van der Waals surface area contributed by atoms with Crippen molar-refractivity contribution in [3.63, 3.8) is 0 Å². The number of aromatic nitrogens is 2. The number of nitrogens with zero attached hydrogens (tertiary/aromatic N) is 1. The van der Waals surface area contributed by atoms with Crippen LogP contribution in [0, 0.1) is 0 Å². The second-order valence-electron chi connectivity index (χ2n) is 3.80. The van der Waals surface area contributed by atoms with Gasteiger partial charge in [-0.15, -0.1) is 0 Å². The lowest BCUT2D eigenvalue weighted by Gasteiger charge is -2.02. The third kappa shape index (κ3) is 2.82. The zero-order valence-corrected chi connectivity index (χ0v) is 9.58. The lowest BCUT2D eigenvalue weighted by Crippen LogP contribution is -2.04. The van der Waals surface area contributed by atoms with E-state index in [1.807, 2.05) is 0 Å². The molecule has 0 atom stereocenters. The summed E-state index contributed by atoms with van der Waals surface area (Å²) in [5.74, 6) is 0.708. The van der Waals surface area contributed by atoms with Crippen LogP contribution >= 0.6 is 0 Å². The summed E-state index contributed by atoms with van der Waals surface area (Å²) in [4.78, 5) is 0. The van der Waals surface area contributed by atoms with Crippen LogP contribution < -0.4 is 4.74 Å². The minimum Gasteiger partial charge on any atom is -0.497 e. The Hall–Kier alpha value is -1.98. The lowest BCUT2D eigenvalue weighted by atomic mass is 10.1. The maximum atomic E-state index is 12.3. The van der Waals surface area contributed by atoms with Gasteiger partial charge in [-0.05, 0) is 23.8 Å². The van der Waals surface area contributed by atoms with Crippen molar-refractivity contribution < 1.29 is 17.9 Å². The first-order valence-electron chi connectivity index (χ1n) is 5.23. The normalized spacial score (nSPS) is 11.6. The van der Waals surface area contributed by atoms with Crippen molar-refractivity contribution in [1.82, 2.24) is 10.2 Å². The van der Waals surface area contributed by atoms with Crippen molar-refractivity contribution in [2.24, 2.45) is 0 Å². The topological polar surface area (TPSA) is 37.9 Å². The molecular formula is C12H11F3N2O. The molecule has 2 aromatic rings. The predicted octanol–water partition coefficient (Wildman–Crippen LogP) is 3.03. The minimum absolute atomic E-state index is 0.368. The Morgan fingerprint density at radius 3 is 2.39 bits per heavy atom. The number of halogens is 3. The summed E-state index contributed by atoms with van der Waals surface area (Å²) in [7, 11) is 1.56. The molecule has 0 saturated carbocycles. The summed E-state index contributed by atoms with van der Waals surface area (Å²) < 4.78 is 42.0. The molecule has 0 unspecified atom stereocenters. The summed E-state index contributed by atoms with van der Waals surface area (Å²) in [5.41, 5.74) is 0.409. The lowest BCUT2D eigenvalue weighted by molar-refractivity contribution is -0.141. The second-order valence-corrected chi connectivity index (χ2v) is 3.80. The minimum atomic E-state index is -4.41. The van der Waals surface area contributed by atoms with Crippen molar-refractivity contribution >= 4 is 0 Å². The SMILES string of the molecule is COc1ccc(Cc2cc(C(F)(F)F)n[nH]2)cc1. The van der Waals surface area contributed by atoms with E-state index in [2.05, 4.69) is 10.2 Å². The maximum Gasteiger partial charge on any atom is 0.435 e. The van der Waals surface area contributed by atoms with E-state index in [1.165, 1.54) is 0 Å². The molecule has 1 N–H and O–H groups in total. The summed E-state index contributed by atoms with van der Waals surface area (Å²) in [5, 5.41) is 5.63. The number of nitrogens with one attached hydrogen (secondary N) is 1. The number of methoxy groups -OCH3 is 1. The molecule has 1 aromatic heterocycles. The number of ether oxygens (including phenoxy) is 1. The highest BCUT2D eigenvalue weighted by Crippen LogP contribution is 2.28. The Balaban J connectivity index is 2.11. The maximum absolute atomic E-state index is 12.3. The van der Waals surface area contributed by atoms with Crippen LogP contribution in [0.5, 0.6) is 5.75 Å². The molecule has 0 aliphatic carbocycles. The van der Waals surface area contributed by atoms with Crippen LogP contribution in [-0.4, -0.2) is 17.3 Å². The zero-order valence-electron chi connectivity index (χ0n) is 9.58. The van der Waals surface area contributed by atoms with Crippen molar-refractivity contribution in [2.45, 2.75) is 12.6 Å². The first kappa shape index (κ1) is 12.5. The van der Waals surface area contributed by atoms with Gasteiger partial charge in [0.2, 0.25) is 0 Å².